The highest BCUT2D eigenvalue weighted by molar-refractivity contribution is 7.09. The summed E-state index contributed by atoms with van der Waals surface area (Å²) in [6, 6.07) is -1.94. The Labute approximate surface area is 114 Å². The molecule has 1 heterocycles. The average Bonchev–Trinajstić information content (AvgIpc) is 2.71. The molecule has 0 aliphatic carbocycles. The highest BCUT2D eigenvalue weighted by Gasteiger charge is 2.24. The molecule has 19 heavy (non-hydrogen) atoms. The van der Waals surface area contributed by atoms with E-state index in [-0.39, 0.29) is 0 Å². The first-order chi connectivity index (χ1) is 8.90. The number of nitrogens with one attached hydrogen (secondary N) is 2. The van der Waals surface area contributed by atoms with Crippen molar-refractivity contribution in [2.75, 3.05) is 6.54 Å². The first-order valence-electron chi connectivity index (χ1n) is 5.76. The summed E-state index contributed by atoms with van der Waals surface area (Å²) >= 11 is 1.53. The fraction of sp³-hybridized carbons (Fsp3) is 0.545. The molecule has 8 heteroatoms. The summed E-state index contributed by atoms with van der Waals surface area (Å²) in [4.78, 5) is 26.4. The predicted octanol–water partition coefficient (Wildman–Crippen LogP) is 0.127. The van der Waals surface area contributed by atoms with E-state index in [9.17, 15) is 14.7 Å². The van der Waals surface area contributed by atoms with Gasteiger partial charge in [-0.25, -0.2) is 14.6 Å². The summed E-state index contributed by atoms with van der Waals surface area (Å²) in [5, 5.41) is 25.6. The van der Waals surface area contributed by atoms with Crippen molar-refractivity contribution in [3.05, 3.63) is 16.1 Å². The summed E-state index contributed by atoms with van der Waals surface area (Å²) in [5.74, 6) is -1.28. The minimum atomic E-state index is -1.32. The van der Waals surface area contributed by atoms with Gasteiger partial charge in [-0.05, 0) is 13.8 Å². The van der Waals surface area contributed by atoms with Gasteiger partial charge in [-0.2, -0.15) is 0 Å². The van der Waals surface area contributed by atoms with Crippen LogP contribution in [0.2, 0.25) is 0 Å². The van der Waals surface area contributed by atoms with Gasteiger partial charge in [-0.1, -0.05) is 0 Å². The normalized spacial score (nSPS) is 13.6. The van der Waals surface area contributed by atoms with Crippen LogP contribution in [-0.2, 0) is 11.2 Å². The first kappa shape index (κ1) is 15.4. The van der Waals surface area contributed by atoms with Gasteiger partial charge >= 0.3 is 12.0 Å². The molecule has 106 valence electrons. The smallest absolute Gasteiger partial charge is 0.328 e. The second kappa shape index (κ2) is 7.05. The van der Waals surface area contributed by atoms with Crippen LogP contribution in [0.5, 0.6) is 0 Å². The fourth-order valence-corrected chi connectivity index (χ4v) is 2.06. The maximum atomic E-state index is 11.4. The third-order valence-corrected chi connectivity index (χ3v) is 3.19. The number of aliphatic carboxylic acids is 1. The van der Waals surface area contributed by atoms with E-state index in [1.54, 1.807) is 0 Å². The zero-order valence-electron chi connectivity index (χ0n) is 10.7. The molecule has 0 spiro atoms. The lowest BCUT2D eigenvalue weighted by molar-refractivity contribution is -0.141. The van der Waals surface area contributed by atoms with Crippen LogP contribution in [0.1, 0.15) is 17.6 Å². The number of aliphatic hydroxyl groups excluding tert-OH is 1. The number of carboxylic acids is 1. The monoisotopic (exact) mass is 287 g/mol. The predicted molar refractivity (Wildman–Crippen MR) is 70.2 cm³/mol. The molecule has 4 N–H and O–H groups in total. The Kier molecular flexibility index (Phi) is 5.71. The molecule has 0 bridgehead atoms. The molecule has 2 amide bonds. The number of rotatable bonds is 6. The molecule has 0 saturated carbocycles. The molecule has 0 unspecified atom stereocenters. The number of aromatic nitrogens is 1. The summed E-state index contributed by atoms with van der Waals surface area (Å²) in [6.07, 6.45) is -0.589. The van der Waals surface area contributed by atoms with Crippen LogP contribution in [0.3, 0.4) is 0 Å². The Morgan fingerprint density at radius 3 is 2.68 bits per heavy atom. The number of hydrogen-bond donors (Lipinski definition) is 4. The number of amides is 2. The average molecular weight is 287 g/mol. The summed E-state index contributed by atoms with van der Waals surface area (Å²) in [6.45, 7) is 3.55. The highest BCUT2D eigenvalue weighted by Crippen LogP contribution is 2.07. The van der Waals surface area contributed by atoms with Gasteiger partial charge in [0.1, 0.15) is 0 Å². The van der Waals surface area contributed by atoms with Crippen molar-refractivity contribution in [2.24, 2.45) is 0 Å². The van der Waals surface area contributed by atoms with E-state index in [4.69, 9.17) is 5.11 Å². The second-order valence-corrected chi connectivity index (χ2v) is 5.13. The van der Waals surface area contributed by atoms with Crippen LogP contribution in [-0.4, -0.2) is 45.9 Å². The topological polar surface area (TPSA) is 112 Å². The lowest BCUT2D eigenvalue weighted by Crippen LogP contribution is -2.51. The van der Waals surface area contributed by atoms with Crippen LogP contribution in [0.25, 0.3) is 0 Å². The van der Waals surface area contributed by atoms with Gasteiger partial charge in [0.05, 0.1) is 16.8 Å². The summed E-state index contributed by atoms with van der Waals surface area (Å²) in [5.41, 5.74) is 0.883. The van der Waals surface area contributed by atoms with Gasteiger partial charge in [-0.15, -0.1) is 11.3 Å². The van der Waals surface area contributed by atoms with E-state index in [2.05, 4.69) is 15.6 Å². The molecule has 7 nitrogen and oxygen atoms in total. The van der Waals surface area contributed by atoms with Gasteiger partial charge < -0.3 is 20.8 Å². The van der Waals surface area contributed by atoms with Crippen molar-refractivity contribution in [3.63, 3.8) is 0 Å². The maximum Gasteiger partial charge on any atom is 0.328 e. The van der Waals surface area contributed by atoms with E-state index in [0.29, 0.717) is 13.0 Å². The molecular weight excluding hydrogens is 270 g/mol. The van der Waals surface area contributed by atoms with Crippen molar-refractivity contribution >= 4 is 23.3 Å². The van der Waals surface area contributed by atoms with Crippen molar-refractivity contribution in [3.8, 4) is 0 Å². The number of thiazole rings is 1. The molecule has 1 rings (SSSR count). The van der Waals surface area contributed by atoms with Crippen LogP contribution in [0.4, 0.5) is 4.79 Å². The number of carboxylic acid groups (broad SMARTS) is 1. The Bertz CT molecular complexity index is 447. The SMILES string of the molecule is Cc1nc(CCNC(=O)N[C@H](C(=O)O)[C@@H](C)O)cs1. The molecule has 0 radical (unpaired) electrons. The van der Waals surface area contributed by atoms with Gasteiger partial charge in [0.15, 0.2) is 6.04 Å². The largest absolute Gasteiger partial charge is 0.480 e. The number of nitrogens with zero attached hydrogens (tertiary/aromatic N) is 1. The molecule has 2 atom stereocenters. The van der Waals surface area contributed by atoms with Crippen LogP contribution >= 0.6 is 11.3 Å². The maximum absolute atomic E-state index is 11.4. The Morgan fingerprint density at radius 1 is 1.53 bits per heavy atom. The molecule has 0 fully saturated rings. The molecule has 0 aliphatic rings. The number of carbonyl (C=O) groups excluding carboxylic acids is 1. The Hall–Kier alpha value is -1.67. The molecular formula is C11H17N3O4S. The van der Waals surface area contributed by atoms with Crippen LogP contribution in [0, 0.1) is 6.92 Å². The quantitative estimate of drug-likeness (QED) is 0.594. The van der Waals surface area contributed by atoms with E-state index in [1.807, 2.05) is 12.3 Å². The third-order valence-electron chi connectivity index (χ3n) is 2.37. The molecule has 0 aromatic carbocycles. The molecule has 1 aromatic heterocycles. The van der Waals surface area contributed by atoms with Gasteiger partial charge in [0.2, 0.25) is 0 Å². The van der Waals surface area contributed by atoms with E-state index in [0.717, 1.165) is 10.7 Å². The van der Waals surface area contributed by atoms with E-state index < -0.39 is 24.1 Å². The number of carbonyl (C=O) groups is 2. The number of aryl methyl sites for hydroxylation is 1. The zero-order valence-corrected chi connectivity index (χ0v) is 11.5. The van der Waals surface area contributed by atoms with Crippen LogP contribution in [0.15, 0.2) is 5.38 Å². The first-order valence-corrected chi connectivity index (χ1v) is 6.64. The lowest BCUT2D eigenvalue weighted by atomic mass is 10.2. The summed E-state index contributed by atoms with van der Waals surface area (Å²) < 4.78 is 0. The minimum absolute atomic E-state index is 0.348. The molecule has 0 aliphatic heterocycles. The number of urea groups is 1. The highest BCUT2D eigenvalue weighted by atomic mass is 32.1. The second-order valence-electron chi connectivity index (χ2n) is 4.06. The molecule has 1 aromatic rings. The van der Waals surface area contributed by atoms with Crippen LogP contribution < -0.4 is 10.6 Å². The van der Waals surface area contributed by atoms with Gasteiger partial charge in [-0.3, -0.25) is 0 Å². The fourth-order valence-electron chi connectivity index (χ4n) is 1.41. The number of aliphatic hydroxyl groups is 1. The van der Waals surface area contributed by atoms with Gasteiger partial charge in [0, 0.05) is 18.3 Å². The van der Waals surface area contributed by atoms with Crippen molar-refractivity contribution in [1.29, 1.82) is 0 Å². The van der Waals surface area contributed by atoms with Crippen molar-refractivity contribution < 1.29 is 19.8 Å². The van der Waals surface area contributed by atoms with Gasteiger partial charge in [0.25, 0.3) is 0 Å². The number of hydrogen-bond acceptors (Lipinski definition) is 5. The standard InChI is InChI=1S/C11H17N3O4S/c1-6(15)9(10(16)17)14-11(18)12-4-3-8-5-19-7(2)13-8/h5-6,9,15H,3-4H2,1-2H3,(H,16,17)(H2,12,14,18)/t6-,9+/m1/s1. The van der Waals surface area contributed by atoms with Crippen molar-refractivity contribution in [2.45, 2.75) is 32.4 Å². The zero-order chi connectivity index (χ0) is 14.4. The minimum Gasteiger partial charge on any atom is -0.480 e. The summed E-state index contributed by atoms with van der Waals surface area (Å²) in [7, 11) is 0. The van der Waals surface area contributed by atoms with Crippen molar-refractivity contribution in [1.82, 2.24) is 15.6 Å². The lowest BCUT2D eigenvalue weighted by Gasteiger charge is -2.17. The Balaban J connectivity index is 2.33. The Morgan fingerprint density at radius 2 is 2.21 bits per heavy atom. The van der Waals surface area contributed by atoms with E-state index >= 15 is 0 Å². The van der Waals surface area contributed by atoms with E-state index in [1.165, 1.54) is 18.3 Å². The third kappa shape index (κ3) is 5.23. The molecule has 0 saturated heterocycles.